The molecule has 0 unspecified atom stereocenters. The molecule has 1 fully saturated rings. The van der Waals surface area contributed by atoms with Crippen LogP contribution < -0.4 is 20.3 Å². The molecule has 0 radical (unpaired) electrons. The summed E-state index contributed by atoms with van der Waals surface area (Å²) in [5.41, 5.74) is 7.36. The van der Waals surface area contributed by atoms with Gasteiger partial charge in [-0.15, -0.1) is 5.10 Å². The molecule has 1 aliphatic heterocycles. The fourth-order valence-corrected chi connectivity index (χ4v) is 4.30. The first kappa shape index (κ1) is 24.8. The van der Waals surface area contributed by atoms with Gasteiger partial charge in [-0.05, 0) is 24.3 Å². The van der Waals surface area contributed by atoms with Gasteiger partial charge in [0.05, 0.1) is 18.6 Å². The van der Waals surface area contributed by atoms with Crippen molar-refractivity contribution in [2.45, 2.75) is 0 Å². The van der Waals surface area contributed by atoms with Crippen molar-refractivity contribution < 1.29 is 18.3 Å². The largest absolute Gasteiger partial charge is 0.491 e. The van der Waals surface area contributed by atoms with E-state index in [2.05, 4.69) is 24.9 Å². The summed E-state index contributed by atoms with van der Waals surface area (Å²) in [6, 6.07) is 10.5. The van der Waals surface area contributed by atoms with E-state index in [4.69, 9.17) is 19.6 Å². The number of hydrogen-bond donors (Lipinski definition) is 1. The molecule has 11 nitrogen and oxygen atoms in total. The number of nitrogens with zero attached hydrogens (tertiary/aromatic N) is 7. The predicted molar refractivity (Wildman–Crippen MR) is 139 cm³/mol. The molecule has 1 aliphatic rings. The second-order valence-corrected chi connectivity index (χ2v) is 8.86. The highest BCUT2D eigenvalue weighted by atomic mass is 19.1. The summed E-state index contributed by atoms with van der Waals surface area (Å²) in [6.07, 6.45) is 1.58. The molecule has 196 valence electrons. The Morgan fingerprint density at radius 2 is 1.95 bits per heavy atom. The van der Waals surface area contributed by atoms with Crippen molar-refractivity contribution in [3.63, 3.8) is 0 Å². The Hall–Kier alpha value is -3.90. The van der Waals surface area contributed by atoms with E-state index in [9.17, 15) is 4.39 Å². The molecule has 37 heavy (non-hydrogen) atoms. The highest BCUT2D eigenvalue weighted by Crippen LogP contribution is 2.25. The molecule has 5 rings (SSSR count). The monoisotopic (exact) mass is 510 g/mol. The molecule has 0 bridgehead atoms. The number of likely N-dealkylation sites (N-methyl/N-ethyl adjacent to an activating group) is 1. The molecular weight excluding hydrogens is 479 g/mol. The number of aromatic nitrogens is 4. The third kappa shape index (κ3) is 5.59. The summed E-state index contributed by atoms with van der Waals surface area (Å²) in [6.45, 7) is 5.62. The fourth-order valence-electron chi connectivity index (χ4n) is 4.30. The molecule has 0 amide bonds. The molecule has 3 aromatic heterocycles. The average molecular weight is 511 g/mol. The van der Waals surface area contributed by atoms with Gasteiger partial charge in [0, 0.05) is 65.6 Å². The summed E-state index contributed by atoms with van der Waals surface area (Å²) in [7, 11) is 3.58. The molecule has 12 heteroatoms. The number of benzene rings is 1. The van der Waals surface area contributed by atoms with Crippen molar-refractivity contribution in [1.82, 2.24) is 24.5 Å². The van der Waals surface area contributed by atoms with Gasteiger partial charge < -0.3 is 29.4 Å². The first-order valence-electron chi connectivity index (χ1n) is 12.2. The number of nitrogen functional groups attached to an aromatic ring is 1. The van der Waals surface area contributed by atoms with E-state index in [1.165, 1.54) is 10.6 Å². The maximum atomic E-state index is 14.7. The third-order valence-electron chi connectivity index (χ3n) is 6.41. The lowest BCUT2D eigenvalue weighted by Crippen LogP contribution is -2.48. The molecule has 4 aromatic rings. The van der Waals surface area contributed by atoms with E-state index < -0.39 is 0 Å². The molecule has 0 atom stereocenters. The predicted octanol–water partition coefficient (Wildman–Crippen LogP) is 2.39. The van der Waals surface area contributed by atoms with E-state index in [0.717, 1.165) is 45.1 Å². The molecule has 2 N–H and O–H groups in total. The second-order valence-electron chi connectivity index (χ2n) is 8.86. The van der Waals surface area contributed by atoms with E-state index >= 15 is 0 Å². The topological polar surface area (TPSA) is 110 Å². The van der Waals surface area contributed by atoms with Crippen LogP contribution in [-0.2, 0) is 4.74 Å². The van der Waals surface area contributed by atoms with Crippen molar-refractivity contribution >= 4 is 23.1 Å². The number of nitrogens with two attached hydrogens (primary N) is 1. The zero-order valence-electron chi connectivity index (χ0n) is 21.0. The van der Waals surface area contributed by atoms with Gasteiger partial charge in [-0.25, -0.2) is 9.37 Å². The zero-order chi connectivity index (χ0) is 25.8. The maximum absolute atomic E-state index is 14.7. The van der Waals surface area contributed by atoms with Gasteiger partial charge in [0.1, 0.15) is 24.0 Å². The number of ether oxygens (including phenoxy) is 2. The zero-order valence-corrected chi connectivity index (χ0v) is 21.0. The van der Waals surface area contributed by atoms with Crippen molar-refractivity contribution in [3.05, 3.63) is 48.5 Å². The van der Waals surface area contributed by atoms with Crippen molar-refractivity contribution in [2.24, 2.45) is 0 Å². The van der Waals surface area contributed by atoms with E-state index in [-0.39, 0.29) is 11.8 Å². The Morgan fingerprint density at radius 1 is 1.11 bits per heavy atom. The summed E-state index contributed by atoms with van der Waals surface area (Å²) in [5.74, 6) is 2.25. The number of piperazine rings is 1. The van der Waals surface area contributed by atoms with E-state index in [1.807, 2.05) is 18.0 Å². The number of methoxy groups -OCH3 is 1. The standard InChI is InChI=1S/C25H31FN8O3/c1-31(22-17-23-28-24(21-4-3-13-37-21)30-34(23)25(27)29-22)7-8-32-9-11-33(12-10-32)20-6-5-18(16-19(20)26)36-15-14-35-2/h3-6,13,16-17H,7-12,14-15H2,1-2H3,(H2,27,29). The molecular formula is C25H31FN8O3. The Kier molecular flexibility index (Phi) is 7.37. The third-order valence-corrected chi connectivity index (χ3v) is 6.41. The first-order valence-corrected chi connectivity index (χ1v) is 12.2. The van der Waals surface area contributed by atoms with Crippen molar-refractivity contribution in [3.8, 4) is 17.3 Å². The maximum Gasteiger partial charge on any atom is 0.225 e. The number of hydrogen-bond acceptors (Lipinski definition) is 10. The lowest BCUT2D eigenvalue weighted by molar-refractivity contribution is 0.146. The van der Waals surface area contributed by atoms with Gasteiger partial charge in [-0.3, -0.25) is 4.90 Å². The molecule has 0 saturated carbocycles. The van der Waals surface area contributed by atoms with Gasteiger partial charge >= 0.3 is 0 Å². The fraction of sp³-hybridized carbons (Fsp3) is 0.400. The van der Waals surface area contributed by atoms with Crippen LogP contribution in [-0.4, -0.2) is 91.1 Å². The molecule has 0 aliphatic carbocycles. The van der Waals surface area contributed by atoms with Crippen LogP contribution in [0, 0.1) is 5.82 Å². The van der Waals surface area contributed by atoms with Crippen molar-refractivity contribution in [2.75, 3.05) is 82.2 Å². The Labute approximate surface area is 214 Å². The SMILES string of the molecule is COCCOc1ccc(N2CCN(CCN(C)c3cc4nc(-c5ccco5)nn4c(N)n3)CC2)c(F)c1. The van der Waals surface area contributed by atoms with Crippen molar-refractivity contribution in [1.29, 1.82) is 0 Å². The lowest BCUT2D eigenvalue weighted by Gasteiger charge is -2.37. The van der Waals surface area contributed by atoms with Gasteiger partial charge in [-0.2, -0.15) is 9.50 Å². The normalized spacial score (nSPS) is 14.4. The Balaban J connectivity index is 1.15. The summed E-state index contributed by atoms with van der Waals surface area (Å²) in [5, 5.41) is 4.39. The van der Waals surface area contributed by atoms with E-state index in [1.54, 1.807) is 37.6 Å². The van der Waals surface area contributed by atoms with Crippen LogP contribution in [0.5, 0.6) is 5.75 Å². The number of fused-ring (bicyclic) bond motifs is 1. The van der Waals surface area contributed by atoms with Crippen LogP contribution in [0.3, 0.4) is 0 Å². The number of halogens is 1. The Morgan fingerprint density at radius 3 is 2.68 bits per heavy atom. The summed E-state index contributed by atoms with van der Waals surface area (Å²) >= 11 is 0. The number of rotatable bonds is 10. The molecule has 4 heterocycles. The van der Waals surface area contributed by atoms with Crippen LogP contribution in [0.25, 0.3) is 17.2 Å². The minimum atomic E-state index is -0.272. The van der Waals surface area contributed by atoms with Gasteiger partial charge in [0.2, 0.25) is 11.8 Å². The Bertz CT molecular complexity index is 1320. The summed E-state index contributed by atoms with van der Waals surface area (Å²) < 4.78 is 32.1. The highest BCUT2D eigenvalue weighted by molar-refractivity contribution is 5.59. The minimum Gasteiger partial charge on any atom is -0.491 e. The van der Waals surface area contributed by atoms with Crippen LogP contribution in [0.4, 0.5) is 21.8 Å². The van der Waals surface area contributed by atoms with Gasteiger partial charge in [0.25, 0.3) is 0 Å². The van der Waals surface area contributed by atoms with Gasteiger partial charge in [0.15, 0.2) is 11.4 Å². The van der Waals surface area contributed by atoms with Crippen LogP contribution in [0.2, 0.25) is 0 Å². The van der Waals surface area contributed by atoms with Crippen LogP contribution >= 0.6 is 0 Å². The molecule has 1 aromatic carbocycles. The second kappa shape index (κ2) is 11.0. The average Bonchev–Trinajstić information content (AvgIpc) is 3.58. The van der Waals surface area contributed by atoms with E-state index in [0.29, 0.717) is 41.9 Å². The molecule has 1 saturated heterocycles. The highest BCUT2D eigenvalue weighted by Gasteiger charge is 2.21. The quantitative estimate of drug-likeness (QED) is 0.319. The first-order chi connectivity index (χ1) is 18.0. The minimum absolute atomic E-state index is 0.260. The number of furan rings is 1. The van der Waals surface area contributed by atoms with Gasteiger partial charge in [-0.1, -0.05) is 0 Å². The molecule has 0 spiro atoms. The van der Waals surface area contributed by atoms with Crippen LogP contribution in [0.1, 0.15) is 0 Å². The number of anilines is 3. The lowest BCUT2D eigenvalue weighted by atomic mass is 10.2. The summed E-state index contributed by atoms with van der Waals surface area (Å²) in [4.78, 5) is 15.5. The van der Waals surface area contributed by atoms with Crippen LogP contribution in [0.15, 0.2) is 47.1 Å². The smallest absolute Gasteiger partial charge is 0.225 e.